The van der Waals surface area contributed by atoms with Crippen molar-refractivity contribution in [3.8, 4) is 0 Å². The van der Waals surface area contributed by atoms with Crippen LogP contribution in [0.2, 0.25) is 0 Å². The summed E-state index contributed by atoms with van der Waals surface area (Å²) in [5.41, 5.74) is 5.45. The van der Waals surface area contributed by atoms with Crippen molar-refractivity contribution in [1.82, 2.24) is 10.2 Å². The molecule has 0 aromatic rings. The number of guanidine groups is 1. The molecule has 3 aliphatic rings. The van der Waals surface area contributed by atoms with E-state index in [2.05, 4.69) is 15.3 Å². The Kier molecular flexibility index (Phi) is 3.01. The quantitative estimate of drug-likeness (QED) is 0.355. The number of aliphatic hydroxyl groups is 2. The van der Waals surface area contributed by atoms with Gasteiger partial charge in [-0.25, -0.2) is 0 Å². The summed E-state index contributed by atoms with van der Waals surface area (Å²) in [5, 5.41) is 29.5. The molecule has 0 saturated carbocycles. The number of carbonyl (C=O) groups is 1. The van der Waals surface area contributed by atoms with Crippen LogP contribution in [0.5, 0.6) is 0 Å². The molecule has 3 rings (SSSR count). The number of hydrogen-bond donors (Lipinski definition) is 5. The zero-order valence-corrected chi connectivity index (χ0v) is 10.3. The number of amidine groups is 1. The number of nitrogens with zero attached hydrogens (tertiary/aromatic N) is 3. The molecule has 3 aliphatic heterocycles. The third-order valence-corrected chi connectivity index (χ3v) is 3.41. The summed E-state index contributed by atoms with van der Waals surface area (Å²) in [4.78, 5) is 20.9. The van der Waals surface area contributed by atoms with Gasteiger partial charge in [0.25, 0.3) is 5.91 Å². The highest BCUT2D eigenvalue weighted by atomic mass is 16.6. The number of aliphatic imine (C=N–C) groups is 2. The smallest absolute Gasteiger partial charge is 0.259 e. The first kappa shape index (κ1) is 13.1. The Morgan fingerprint density at radius 2 is 2.25 bits per heavy atom. The van der Waals surface area contributed by atoms with Crippen LogP contribution in [0, 0.1) is 5.41 Å². The number of nitrogens with one attached hydrogen (secondary N) is 2. The van der Waals surface area contributed by atoms with E-state index in [1.165, 1.54) is 11.2 Å². The summed E-state index contributed by atoms with van der Waals surface area (Å²) in [5.74, 6) is -0.588. The van der Waals surface area contributed by atoms with Gasteiger partial charge in [-0.3, -0.25) is 25.4 Å². The van der Waals surface area contributed by atoms with Crippen LogP contribution < -0.4 is 11.1 Å². The SMILES string of the molecule is N=C1N=C2C(N=CN2[C@@H]2O[C@H](CN)[C@@H](O)[C@H]2O)C(=O)N1. The highest BCUT2D eigenvalue weighted by molar-refractivity contribution is 6.23. The summed E-state index contributed by atoms with van der Waals surface area (Å²) in [7, 11) is 0. The van der Waals surface area contributed by atoms with Gasteiger partial charge in [-0.1, -0.05) is 0 Å². The first-order valence-corrected chi connectivity index (χ1v) is 6.04. The van der Waals surface area contributed by atoms with Crippen LogP contribution in [0.4, 0.5) is 0 Å². The normalized spacial score (nSPS) is 39.9. The zero-order valence-electron chi connectivity index (χ0n) is 10.3. The van der Waals surface area contributed by atoms with E-state index in [0.717, 1.165) is 0 Å². The number of ether oxygens (including phenoxy) is 1. The van der Waals surface area contributed by atoms with Crippen molar-refractivity contribution in [3.63, 3.8) is 0 Å². The van der Waals surface area contributed by atoms with Crippen molar-refractivity contribution in [1.29, 1.82) is 5.41 Å². The summed E-state index contributed by atoms with van der Waals surface area (Å²) >= 11 is 0. The van der Waals surface area contributed by atoms with Crippen molar-refractivity contribution < 1.29 is 19.7 Å². The lowest BCUT2D eigenvalue weighted by atomic mass is 10.1. The van der Waals surface area contributed by atoms with Gasteiger partial charge in [0, 0.05) is 6.54 Å². The van der Waals surface area contributed by atoms with Gasteiger partial charge < -0.3 is 20.7 Å². The lowest BCUT2D eigenvalue weighted by Gasteiger charge is -2.28. The highest BCUT2D eigenvalue weighted by Crippen LogP contribution is 2.26. The number of rotatable bonds is 2. The molecule has 20 heavy (non-hydrogen) atoms. The van der Waals surface area contributed by atoms with E-state index in [4.69, 9.17) is 15.9 Å². The minimum absolute atomic E-state index is 0.0475. The van der Waals surface area contributed by atoms with Crippen LogP contribution in [0.25, 0.3) is 0 Å². The summed E-state index contributed by atoms with van der Waals surface area (Å²) < 4.78 is 5.47. The second-order valence-corrected chi connectivity index (χ2v) is 4.66. The minimum atomic E-state index is -1.21. The van der Waals surface area contributed by atoms with Crippen LogP contribution in [0.15, 0.2) is 9.98 Å². The Morgan fingerprint density at radius 1 is 1.50 bits per heavy atom. The number of nitrogens with two attached hydrogens (primary N) is 1. The Hall–Kier alpha value is -1.88. The standard InChI is InChI=1S/C10H14N6O4/c11-1-3-5(17)6(18)9(20-3)16-2-13-4-7(16)14-10(12)15-8(4)19/h2-6,9,17-18H,1,11H2,(H2,12,15,19)/t3-,4?,5-,6-,9-/m1/s1. The van der Waals surface area contributed by atoms with Gasteiger partial charge in [0.1, 0.15) is 18.3 Å². The van der Waals surface area contributed by atoms with Crippen molar-refractivity contribution >= 4 is 24.0 Å². The number of hydrogen-bond acceptors (Lipinski definition) is 8. The third kappa shape index (κ3) is 1.81. The molecule has 0 aromatic carbocycles. The zero-order chi connectivity index (χ0) is 14.4. The van der Waals surface area contributed by atoms with Gasteiger partial charge in [-0.2, -0.15) is 4.99 Å². The van der Waals surface area contributed by atoms with Gasteiger partial charge in [-0.05, 0) is 0 Å². The molecule has 0 aliphatic carbocycles. The maximum absolute atomic E-state index is 11.7. The van der Waals surface area contributed by atoms with Crippen LogP contribution >= 0.6 is 0 Å². The Balaban J connectivity index is 1.87. The van der Waals surface area contributed by atoms with Gasteiger partial charge >= 0.3 is 0 Å². The Morgan fingerprint density at radius 3 is 2.90 bits per heavy atom. The molecule has 5 atom stereocenters. The predicted molar refractivity (Wildman–Crippen MR) is 67.2 cm³/mol. The van der Waals surface area contributed by atoms with Crippen molar-refractivity contribution in [2.24, 2.45) is 15.7 Å². The van der Waals surface area contributed by atoms with E-state index in [-0.39, 0.29) is 18.3 Å². The first-order chi connectivity index (χ1) is 9.52. The molecule has 10 nitrogen and oxygen atoms in total. The van der Waals surface area contributed by atoms with Crippen molar-refractivity contribution in [2.75, 3.05) is 6.54 Å². The van der Waals surface area contributed by atoms with Crippen molar-refractivity contribution in [3.05, 3.63) is 0 Å². The van der Waals surface area contributed by atoms with Gasteiger partial charge in [0.15, 0.2) is 18.1 Å². The first-order valence-electron chi connectivity index (χ1n) is 6.04. The van der Waals surface area contributed by atoms with E-state index in [1.54, 1.807) is 0 Å². The molecule has 10 heteroatoms. The third-order valence-electron chi connectivity index (χ3n) is 3.41. The molecule has 6 N–H and O–H groups in total. The molecular weight excluding hydrogens is 268 g/mol. The fraction of sp³-hybridized carbons (Fsp3) is 0.600. The second-order valence-electron chi connectivity index (χ2n) is 4.66. The van der Waals surface area contributed by atoms with Crippen LogP contribution in [0.3, 0.4) is 0 Å². The molecule has 1 amide bonds. The predicted octanol–water partition coefficient (Wildman–Crippen LogP) is -3.43. The highest BCUT2D eigenvalue weighted by Gasteiger charge is 2.49. The van der Waals surface area contributed by atoms with Crippen LogP contribution in [-0.4, -0.2) is 76.3 Å². The van der Waals surface area contributed by atoms with Gasteiger partial charge in [0.2, 0.25) is 5.96 Å². The molecule has 0 bridgehead atoms. The number of fused-ring (bicyclic) bond motifs is 1. The minimum Gasteiger partial charge on any atom is -0.387 e. The van der Waals surface area contributed by atoms with E-state index < -0.39 is 36.5 Å². The second kappa shape index (κ2) is 4.59. The van der Waals surface area contributed by atoms with E-state index in [9.17, 15) is 15.0 Å². The van der Waals surface area contributed by atoms with Crippen molar-refractivity contribution in [2.45, 2.75) is 30.6 Å². The van der Waals surface area contributed by atoms with E-state index >= 15 is 0 Å². The van der Waals surface area contributed by atoms with Crippen LogP contribution in [-0.2, 0) is 9.53 Å². The number of carbonyl (C=O) groups excluding carboxylic acids is 1. The molecule has 3 heterocycles. The molecule has 1 saturated heterocycles. The molecule has 0 spiro atoms. The maximum atomic E-state index is 11.7. The fourth-order valence-corrected chi connectivity index (χ4v) is 2.39. The molecule has 0 aromatic heterocycles. The summed E-state index contributed by atoms with van der Waals surface area (Å²) in [6.07, 6.45) is -2.68. The fourth-order valence-electron chi connectivity index (χ4n) is 2.39. The Labute approximate surface area is 113 Å². The topological polar surface area (TPSA) is 157 Å². The lowest BCUT2D eigenvalue weighted by molar-refractivity contribution is -0.119. The largest absolute Gasteiger partial charge is 0.387 e. The van der Waals surface area contributed by atoms with Gasteiger partial charge in [-0.15, -0.1) is 0 Å². The molecule has 0 radical (unpaired) electrons. The maximum Gasteiger partial charge on any atom is 0.259 e. The van der Waals surface area contributed by atoms with E-state index in [0.29, 0.717) is 0 Å². The summed E-state index contributed by atoms with van der Waals surface area (Å²) in [6.45, 7) is 0.0475. The van der Waals surface area contributed by atoms with Gasteiger partial charge in [0.05, 0.1) is 6.34 Å². The number of amides is 1. The number of aliphatic hydroxyl groups excluding tert-OH is 2. The molecular formula is C10H14N6O4. The Bertz CT molecular complexity index is 520. The molecule has 1 fully saturated rings. The summed E-state index contributed by atoms with van der Waals surface area (Å²) in [6, 6.07) is -0.867. The van der Waals surface area contributed by atoms with E-state index in [1.807, 2.05) is 0 Å². The monoisotopic (exact) mass is 282 g/mol. The molecule has 108 valence electrons. The lowest BCUT2D eigenvalue weighted by Crippen LogP contribution is -2.53. The average molecular weight is 282 g/mol. The molecule has 1 unspecified atom stereocenters. The average Bonchev–Trinajstić information content (AvgIpc) is 2.93. The van der Waals surface area contributed by atoms with Crippen LogP contribution in [0.1, 0.15) is 0 Å².